The maximum Gasteiger partial charge on any atom is 0.243 e. The fourth-order valence-electron chi connectivity index (χ4n) is 4.42. The number of carbonyl (C=O) groups excluding carboxylic acids is 2. The number of halogens is 1. The molecule has 0 aromatic carbocycles. The number of aryl methyl sites for hydroxylation is 1. The third kappa shape index (κ3) is 6.01. The van der Waals surface area contributed by atoms with Gasteiger partial charge in [0.15, 0.2) is 11.6 Å². The van der Waals surface area contributed by atoms with Crippen LogP contribution in [-0.4, -0.2) is 63.9 Å². The molecular weight excluding hydrogens is 407 g/mol. The number of hydrogen-bond acceptors (Lipinski definition) is 8. The van der Waals surface area contributed by atoms with Crippen molar-refractivity contribution in [2.24, 2.45) is 17.8 Å². The highest BCUT2D eigenvalue weighted by Crippen LogP contribution is 2.31. The number of nitrogens with one attached hydrogen (secondary N) is 2. The van der Waals surface area contributed by atoms with E-state index in [1.54, 1.807) is 11.8 Å². The van der Waals surface area contributed by atoms with Crippen LogP contribution in [0.2, 0.25) is 0 Å². The van der Waals surface area contributed by atoms with E-state index >= 15 is 4.39 Å². The predicted molar refractivity (Wildman–Crippen MR) is 111 cm³/mol. The standard InChI is InChI=1S/C20H31FN6O4/c1-13-22-18(17(21)19(23-13)26-7-6-15(9-26)11-28)24-25-20(30)16(10-27(31)12-29)8-14-4-2-3-5-14/h12,14-16,28,31H,2-11H2,1H3,(H,25,30)(H,22,23,24)/t15-,16-/m0/s1. The number of aliphatic hydroxyl groups excluding tert-OH is 1. The highest BCUT2D eigenvalue weighted by atomic mass is 19.1. The summed E-state index contributed by atoms with van der Waals surface area (Å²) in [5, 5.41) is 19.4. The highest BCUT2D eigenvalue weighted by molar-refractivity contribution is 5.80. The van der Waals surface area contributed by atoms with E-state index in [1.807, 2.05) is 0 Å². The molecule has 4 N–H and O–H groups in total. The van der Waals surface area contributed by atoms with E-state index in [9.17, 15) is 19.9 Å². The van der Waals surface area contributed by atoms with Crippen molar-refractivity contribution in [3.63, 3.8) is 0 Å². The molecule has 2 amide bonds. The van der Waals surface area contributed by atoms with Gasteiger partial charge in [-0.15, -0.1) is 0 Å². The molecule has 1 aliphatic carbocycles. The molecule has 1 aliphatic heterocycles. The van der Waals surface area contributed by atoms with E-state index in [0.29, 0.717) is 36.3 Å². The summed E-state index contributed by atoms with van der Waals surface area (Å²) >= 11 is 0. The van der Waals surface area contributed by atoms with Crippen molar-refractivity contribution < 1.29 is 24.3 Å². The van der Waals surface area contributed by atoms with Gasteiger partial charge in [-0.3, -0.25) is 25.6 Å². The van der Waals surface area contributed by atoms with Gasteiger partial charge in [-0.25, -0.2) is 15.0 Å². The average Bonchev–Trinajstić information content (AvgIpc) is 3.45. The number of carbonyl (C=O) groups is 2. The van der Waals surface area contributed by atoms with Gasteiger partial charge in [0.1, 0.15) is 5.82 Å². The SMILES string of the molecule is Cc1nc(NNC(=O)[C@@H](CC2CCCC2)CN(O)C=O)c(F)c(N2CC[C@H](CO)C2)n1. The zero-order valence-corrected chi connectivity index (χ0v) is 17.8. The van der Waals surface area contributed by atoms with Crippen molar-refractivity contribution in [2.75, 3.05) is 36.6 Å². The zero-order chi connectivity index (χ0) is 22.4. The molecule has 31 heavy (non-hydrogen) atoms. The largest absolute Gasteiger partial charge is 0.396 e. The molecule has 3 rings (SSSR count). The molecule has 10 nitrogen and oxygen atoms in total. The topological polar surface area (TPSA) is 131 Å². The zero-order valence-electron chi connectivity index (χ0n) is 17.8. The predicted octanol–water partition coefficient (Wildman–Crippen LogP) is 1.23. The van der Waals surface area contributed by atoms with E-state index in [1.165, 1.54) is 0 Å². The normalized spacial score (nSPS) is 20.0. The Balaban J connectivity index is 1.67. The second-order valence-electron chi connectivity index (χ2n) is 8.47. The molecule has 0 radical (unpaired) electrons. The molecule has 0 unspecified atom stereocenters. The first-order valence-corrected chi connectivity index (χ1v) is 10.8. The van der Waals surface area contributed by atoms with Crippen LogP contribution in [-0.2, 0) is 9.59 Å². The van der Waals surface area contributed by atoms with E-state index < -0.39 is 17.6 Å². The molecule has 0 spiro atoms. The Kier molecular flexibility index (Phi) is 7.97. The Morgan fingerprint density at radius 2 is 2.06 bits per heavy atom. The number of hydrazine groups is 1. The van der Waals surface area contributed by atoms with Gasteiger partial charge in [0.25, 0.3) is 0 Å². The summed E-state index contributed by atoms with van der Waals surface area (Å²) in [7, 11) is 0. The van der Waals surface area contributed by atoms with Gasteiger partial charge in [0, 0.05) is 25.6 Å². The maximum atomic E-state index is 15.0. The third-order valence-electron chi connectivity index (χ3n) is 6.09. The van der Waals surface area contributed by atoms with Crippen LogP contribution in [0.4, 0.5) is 16.0 Å². The van der Waals surface area contributed by atoms with Crippen molar-refractivity contribution >= 4 is 24.0 Å². The number of hydroxylamine groups is 2. The minimum Gasteiger partial charge on any atom is -0.396 e. The smallest absolute Gasteiger partial charge is 0.243 e. The number of amides is 2. The minimum absolute atomic E-state index is 0.0361. The molecule has 1 saturated heterocycles. The molecule has 172 valence electrons. The molecule has 11 heteroatoms. The van der Waals surface area contributed by atoms with Crippen molar-refractivity contribution in [2.45, 2.75) is 45.4 Å². The fourth-order valence-corrected chi connectivity index (χ4v) is 4.42. The van der Waals surface area contributed by atoms with Crippen LogP contribution in [0.3, 0.4) is 0 Å². The first-order chi connectivity index (χ1) is 14.9. The summed E-state index contributed by atoms with van der Waals surface area (Å²) in [6, 6.07) is 0. The fraction of sp³-hybridized carbons (Fsp3) is 0.700. The van der Waals surface area contributed by atoms with Crippen LogP contribution in [0.1, 0.15) is 44.3 Å². The van der Waals surface area contributed by atoms with Gasteiger partial charge in [0.05, 0.1) is 12.5 Å². The molecule has 2 atom stereocenters. The number of hydrogen-bond donors (Lipinski definition) is 4. The highest BCUT2D eigenvalue weighted by Gasteiger charge is 2.29. The lowest BCUT2D eigenvalue weighted by Crippen LogP contribution is -2.41. The van der Waals surface area contributed by atoms with Crippen LogP contribution in [0.25, 0.3) is 0 Å². The monoisotopic (exact) mass is 438 g/mol. The molecule has 2 fully saturated rings. The lowest BCUT2D eigenvalue weighted by molar-refractivity contribution is -0.154. The van der Waals surface area contributed by atoms with Crippen molar-refractivity contribution in [1.29, 1.82) is 0 Å². The lowest BCUT2D eigenvalue weighted by Gasteiger charge is -2.23. The molecule has 1 aromatic heterocycles. The van der Waals surface area contributed by atoms with Crippen LogP contribution in [0, 0.1) is 30.5 Å². The summed E-state index contributed by atoms with van der Waals surface area (Å²) in [5.41, 5.74) is 5.03. The summed E-state index contributed by atoms with van der Waals surface area (Å²) in [5.74, 6) is -1.04. The summed E-state index contributed by atoms with van der Waals surface area (Å²) in [6.07, 6.45) is 5.78. The van der Waals surface area contributed by atoms with Gasteiger partial charge in [0.2, 0.25) is 18.1 Å². The maximum absolute atomic E-state index is 15.0. The molecule has 1 saturated carbocycles. The van der Waals surface area contributed by atoms with E-state index in [-0.39, 0.29) is 37.1 Å². The van der Waals surface area contributed by atoms with Gasteiger partial charge in [-0.05, 0) is 25.7 Å². The number of nitrogens with zero attached hydrogens (tertiary/aromatic N) is 4. The Morgan fingerprint density at radius 3 is 2.71 bits per heavy atom. The van der Waals surface area contributed by atoms with E-state index in [2.05, 4.69) is 20.8 Å². The average molecular weight is 439 g/mol. The van der Waals surface area contributed by atoms with Crippen molar-refractivity contribution in [3.8, 4) is 0 Å². The molecule has 1 aromatic rings. The Bertz CT molecular complexity index is 776. The van der Waals surface area contributed by atoms with Gasteiger partial charge >= 0.3 is 0 Å². The van der Waals surface area contributed by atoms with Crippen LogP contribution in [0.15, 0.2) is 0 Å². The molecule has 2 aliphatic rings. The van der Waals surface area contributed by atoms with Gasteiger partial charge in [-0.1, -0.05) is 25.7 Å². The molecular formula is C20H31FN6O4. The van der Waals surface area contributed by atoms with E-state index in [0.717, 1.165) is 32.1 Å². The number of anilines is 2. The van der Waals surface area contributed by atoms with Gasteiger partial charge < -0.3 is 10.0 Å². The van der Waals surface area contributed by atoms with Gasteiger partial charge in [-0.2, -0.15) is 4.39 Å². The Morgan fingerprint density at radius 1 is 1.32 bits per heavy atom. The first-order valence-electron chi connectivity index (χ1n) is 10.8. The van der Waals surface area contributed by atoms with Crippen LogP contribution in [0.5, 0.6) is 0 Å². The summed E-state index contributed by atoms with van der Waals surface area (Å²) in [6.45, 7) is 2.60. The Labute approximate surface area is 180 Å². The summed E-state index contributed by atoms with van der Waals surface area (Å²) in [4.78, 5) is 33.6. The quantitative estimate of drug-likeness (QED) is 0.244. The number of rotatable bonds is 10. The lowest BCUT2D eigenvalue weighted by atomic mass is 9.92. The second-order valence-corrected chi connectivity index (χ2v) is 8.47. The summed E-state index contributed by atoms with van der Waals surface area (Å²) < 4.78 is 15.0. The van der Waals surface area contributed by atoms with Crippen molar-refractivity contribution in [1.82, 2.24) is 20.5 Å². The van der Waals surface area contributed by atoms with Crippen LogP contribution >= 0.6 is 0 Å². The number of aromatic nitrogens is 2. The number of aliphatic hydroxyl groups is 1. The third-order valence-corrected chi connectivity index (χ3v) is 6.09. The van der Waals surface area contributed by atoms with Crippen molar-refractivity contribution in [3.05, 3.63) is 11.6 Å². The van der Waals surface area contributed by atoms with E-state index in [4.69, 9.17) is 0 Å². The molecule has 2 heterocycles. The molecule has 0 bridgehead atoms. The second kappa shape index (κ2) is 10.7. The minimum atomic E-state index is -0.687. The Hall–Kier alpha value is -2.53. The first kappa shape index (κ1) is 23.1. The van der Waals surface area contributed by atoms with Crippen LogP contribution < -0.4 is 15.8 Å².